The van der Waals surface area contributed by atoms with Crippen molar-refractivity contribution in [3.05, 3.63) is 0 Å². The fraction of sp³-hybridized carbons (Fsp3) is 1.00. The third kappa shape index (κ3) is 7.80. The van der Waals surface area contributed by atoms with Crippen molar-refractivity contribution in [1.82, 2.24) is 0 Å². The molecule has 0 fully saturated rings. The van der Waals surface area contributed by atoms with Gasteiger partial charge in [-0.1, -0.05) is 27.7 Å². The van der Waals surface area contributed by atoms with Crippen LogP contribution in [0.1, 0.15) is 60.3 Å². The van der Waals surface area contributed by atoms with Crippen LogP contribution in [0.5, 0.6) is 0 Å². The van der Waals surface area contributed by atoms with Crippen LogP contribution in [0.2, 0.25) is 0 Å². The van der Waals surface area contributed by atoms with Crippen LogP contribution < -0.4 is 5.73 Å². The molecule has 92 valence electrons. The van der Waals surface area contributed by atoms with E-state index >= 15 is 0 Å². The third-order valence-electron chi connectivity index (χ3n) is 2.96. The second-order valence-electron chi connectivity index (χ2n) is 5.85. The molecule has 0 heterocycles. The lowest BCUT2D eigenvalue weighted by Crippen LogP contribution is -2.30. The summed E-state index contributed by atoms with van der Waals surface area (Å²) in [6.45, 7) is 12.8. The van der Waals surface area contributed by atoms with Gasteiger partial charge >= 0.3 is 0 Å². The summed E-state index contributed by atoms with van der Waals surface area (Å²) in [4.78, 5) is 0. The fourth-order valence-corrected chi connectivity index (χ4v) is 1.43. The Morgan fingerprint density at radius 2 is 1.67 bits per heavy atom. The molecule has 0 saturated carbocycles. The van der Waals surface area contributed by atoms with E-state index in [0.29, 0.717) is 5.41 Å². The van der Waals surface area contributed by atoms with Crippen molar-refractivity contribution in [1.29, 1.82) is 0 Å². The number of rotatable bonds is 7. The van der Waals surface area contributed by atoms with Gasteiger partial charge in [-0.05, 0) is 44.6 Å². The first-order valence-corrected chi connectivity index (χ1v) is 6.17. The smallest absolute Gasteiger partial charge is 0.0652 e. The fourth-order valence-electron chi connectivity index (χ4n) is 1.43. The van der Waals surface area contributed by atoms with Crippen LogP contribution in [0.25, 0.3) is 0 Å². The van der Waals surface area contributed by atoms with Gasteiger partial charge in [0.1, 0.15) is 0 Å². The summed E-state index contributed by atoms with van der Waals surface area (Å²) in [6, 6.07) is 0. The molecule has 2 heteroatoms. The lowest BCUT2D eigenvalue weighted by Gasteiger charge is -2.30. The Hall–Kier alpha value is -0.0800. The second kappa shape index (κ2) is 6.49. The van der Waals surface area contributed by atoms with Gasteiger partial charge in [-0.15, -0.1) is 0 Å². The summed E-state index contributed by atoms with van der Waals surface area (Å²) in [5.41, 5.74) is 5.93. The van der Waals surface area contributed by atoms with Crippen LogP contribution in [0, 0.1) is 5.41 Å². The monoisotopic (exact) mass is 215 g/mol. The molecule has 2 nitrogen and oxygen atoms in total. The summed E-state index contributed by atoms with van der Waals surface area (Å²) >= 11 is 0. The summed E-state index contributed by atoms with van der Waals surface area (Å²) in [6.07, 6.45) is 4.31. The summed E-state index contributed by atoms with van der Waals surface area (Å²) in [5.74, 6) is 0. The SMILES string of the molecule is CCC(C)(CCCN)OCCC(C)(C)C. The van der Waals surface area contributed by atoms with Gasteiger partial charge in [0.2, 0.25) is 0 Å². The highest BCUT2D eigenvalue weighted by Crippen LogP contribution is 2.24. The van der Waals surface area contributed by atoms with Crippen molar-refractivity contribution in [2.75, 3.05) is 13.2 Å². The normalized spacial score (nSPS) is 16.4. The lowest BCUT2D eigenvalue weighted by atomic mass is 9.92. The topological polar surface area (TPSA) is 35.2 Å². The van der Waals surface area contributed by atoms with Crippen molar-refractivity contribution < 1.29 is 4.74 Å². The number of ether oxygens (including phenoxy) is 1. The first-order valence-electron chi connectivity index (χ1n) is 6.17. The Bertz CT molecular complexity index is 162. The van der Waals surface area contributed by atoms with E-state index in [1.54, 1.807) is 0 Å². The Balaban J connectivity index is 3.87. The highest BCUT2D eigenvalue weighted by molar-refractivity contribution is 4.74. The van der Waals surface area contributed by atoms with Crippen molar-refractivity contribution in [2.24, 2.45) is 11.1 Å². The highest BCUT2D eigenvalue weighted by Gasteiger charge is 2.22. The van der Waals surface area contributed by atoms with Gasteiger partial charge < -0.3 is 10.5 Å². The van der Waals surface area contributed by atoms with Crippen LogP contribution in [-0.2, 0) is 4.74 Å². The molecular weight excluding hydrogens is 186 g/mol. The Morgan fingerprint density at radius 1 is 1.07 bits per heavy atom. The molecule has 0 amide bonds. The number of nitrogens with two attached hydrogens (primary N) is 1. The van der Waals surface area contributed by atoms with E-state index in [2.05, 4.69) is 34.6 Å². The molecule has 1 atom stereocenters. The average molecular weight is 215 g/mol. The van der Waals surface area contributed by atoms with E-state index < -0.39 is 0 Å². The van der Waals surface area contributed by atoms with Gasteiger partial charge in [0.25, 0.3) is 0 Å². The van der Waals surface area contributed by atoms with Crippen molar-refractivity contribution in [3.63, 3.8) is 0 Å². The van der Waals surface area contributed by atoms with Crippen molar-refractivity contribution in [2.45, 2.75) is 65.9 Å². The molecule has 0 saturated heterocycles. The molecule has 0 spiro atoms. The van der Waals surface area contributed by atoms with Crippen molar-refractivity contribution in [3.8, 4) is 0 Å². The van der Waals surface area contributed by atoms with E-state index in [1.165, 1.54) is 0 Å². The Morgan fingerprint density at radius 3 is 2.07 bits per heavy atom. The second-order valence-corrected chi connectivity index (χ2v) is 5.85. The lowest BCUT2D eigenvalue weighted by molar-refractivity contribution is -0.0496. The largest absolute Gasteiger partial charge is 0.375 e. The predicted molar refractivity (Wildman–Crippen MR) is 67.0 cm³/mol. The molecule has 0 aromatic carbocycles. The molecule has 2 N–H and O–H groups in total. The van der Waals surface area contributed by atoms with E-state index in [9.17, 15) is 0 Å². The Labute approximate surface area is 95.6 Å². The zero-order valence-electron chi connectivity index (χ0n) is 11.2. The zero-order valence-corrected chi connectivity index (χ0v) is 11.2. The molecule has 0 bridgehead atoms. The van der Waals surface area contributed by atoms with Crippen molar-refractivity contribution >= 4 is 0 Å². The molecule has 0 radical (unpaired) electrons. The minimum Gasteiger partial charge on any atom is -0.375 e. The highest BCUT2D eigenvalue weighted by atomic mass is 16.5. The van der Waals surface area contributed by atoms with Crippen LogP contribution in [0.4, 0.5) is 0 Å². The van der Waals surface area contributed by atoms with E-state index in [4.69, 9.17) is 10.5 Å². The molecule has 15 heavy (non-hydrogen) atoms. The summed E-state index contributed by atoms with van der Waals surface area (Å²) < 4.78 is 6.00. The summed E-state index contributed by atoms with van der Waals surface area (Å²) in [7, 11) is 0. The first kappa shape index (κ1) is 14.9. The minimum atomic E-state index is 0.0324. The molecule has 0 aliphatic rings. The standard InChI is InChI=1S/C13H29NO/c1-6-13(5,8-7-10-14)15-11-9-12(2,3)4/h6-11,14H2,1-5H3. The average Bonchev–Trinajstić information content (AvgIpc) is 2.13. The number of hydrogen-bond acceptors (Lipinski definition) is 2. The minimum absolute atomic E-state index is 0.0324. The molecule has 0 aromatic rings. The Kier molecular flexibility index (Phi) is 6.46. The quantitative estimate of drug-likeness (QED) is 0.707. The van der Waals surface area contributed by atoms with Gasteiger partial charge in [-0.25, -0.2) is 0 Å². The van der Waals surface area contributed by atoms with Gasteiger partial charge in [0.15, 0.2) is 0 Å². The molecule has 1 unspecified atom stereocenters. The maximum absolute atomic E-state index is 6.00. The van der Waals surface area contributed by atoms with E-state index in [1.807, 2.05) is 0 Å². The van der Waals surface area contributed by atoms with Gasteiger partial charge in [-0.2, -0.15) is 0 Å². The van der Waals surface area contributed by atoms with Gasteiger partial charge in [0.05, 0.1) is 5.60 Å². The van der Waals surface area contributed by atoms with Crippen LogP contribution in [0.3, 0.4) is 0 Å². The molecular formula is C13H29NO. The molecule has 0 aliphatic carbocycles. The first-order chi connectivity index (χ1) is 6.83. The maximum atomic E-state index is 6.00. The van der Waals surface area contributed by atoms with E-state index in [-0.39, 0.29) is 5.60 Å². The van der Waals surface area contributed by atoms with Gasteiger partial charge in [-0.3, -0.25) is 0 Å². The van der Waals surface area contributed by atoms with Crippen LogP contribution >= 0.6 is 0 Å². The molecule has 0 aliphatic heterocycles. The predicted octanol–water partition coefficient (Wildman–Crippen LogP) is 3.35. The third-order valence-corrected chi connectivity index (χ3v) is 2.96. The zero-order chi connectivity index (χ0) is 11.9. The summed E-state index contributed by atoms with van der Waals surface area (Å²) in [5, 5.41) is 0. The van der Waals surface area contributed by atoms with Crippen LogP contribution in [-0.4, -0.2) is 18.8 Å². The molecule has 0 rings (SSSR count). The van der Waals surface area contributed by atoms with Gasteiger partial charge in [0, 0.05) is 6.61 Å². The maximum Gasteiger partial charge on any atom is 0.0652 e. The van der Waals surface area contributed by atoms with Crippen LogP contribution in [0.15, 0.2) is 0 Å². The van der Waals surface area contributed by atoms with E-state index in [0.717, 1.165) is 38.8 Å². The molecule has 0 aromatic heterocycles. The number of hydrogen-bond donors (Lipinski definition) is 1.